The Morgan fingerprint density at radius 3 is 2.36 bits per heavy atom. The second-order valence-corrected chi connectivity index (χ2v) is 8.34. The number of carbonyl (C=O) groups excluding carboxylic acids is 2. The SMILES string of the molecule is COc1cc(/C=C2\SC(=S)N(CC(=O)Nc3cccc(C(=O)O)c3)C2=O)cc(OC)c1OC. The lowest BCUT2D eigenvalue weighted by Crippen LogP contribution is -2.36. The van der Waals surface area contributed by atoms with Gasteiger partial charge in [0.15, 0.2) is 11.5 Å². The van der Waals surface area contributed by atoms with Crippen LogP contribution in [0.3, 0.4) is 0 Å². The van der Waals surface area contributed by atoms with Crippen molar-refractivity contribution in [1.29, 1.82) is 0 Å². The third-order valence-electron chi connectivity index (χ3n) is 4.55. The first-order valence-electron chi connectivity index (χ1n) is 9.46. The summed E-state index contributed by atoms with van der Waals surface area (Å²) in [7, 11) is 4.48. The average Bonchev–Trinajstić information content (AvgIpc) is 3.05. The molecule has 2 amide bonds. The summed E-state index contributed by atoms with van der Waals surface area (Å²) < 4.78 is 16.2. The number of hydrogen-bond donors (Lipinski definition) is 2. The van der Waals surface area contributed by atoms with Crippen molar-refractivity contribution in [3.05, 3.63) is 52.4 Å². The number of methoxy groups -OCH3 is 3. The molecule has 0 aliphatic carbocycles. The zero-order valence-electron chi connectivity index (χ0n) is 17.9. The maximum absolute atomic E-state index is 12.9. The molecule has 2 aromatic rings. The Hall–Kier alpha value is -3.57. The molecule has 1 heterocycles. The number of thioether (sulfide) groups is 1. The highest BCUT2D eigenvalue weighted by atomic mass is 32.2. The van der Waals surface area contributed by atoms with Crippen molar-refractivity contribution in [3.63, 3.8) is 0 Å². The first-order valence-corrected chi connectivity index (χ1v) is 10.7. The molecule has 1 saturated heterocycles. The van der Waals surface area contributed by atoms with Crippen LogP contribution < -0.4 is 19.5 Å². The summed E-state index contributed by atoms with van der Waals surface area (Å²) in [5.74, 6) is -0.757. The maximum atomic E-state index is 12.9. The number of rotatable bonds is 8. The van der Waals surface area contributed by atoms with E-state index in [-0.39, 0.29) is 16.4 Å². The Bertz CT molecular complexity index is 1140. The van der Waals surface area contributed by atoms with Crippen molar-refractivity contribution in [2.24, 2.45) is 0 Å². The molecule has 2 N–H and O–H groups in total. The van der Waals surface area contributed by atoms with Crippen LogP contribution in [0.15, 0.2) is 41.3 Å². The summed E-state index contributed by atoms with van der Waals surface area (Å²) in [6.45, 7) is -0.311. The lowest BCUT2D eigenvalue weighted by atomic mass is 10.1. The van der Waals surface area contributed by atoms with E-state index in [1.807, 2.05) is 0 Å². The Morgan fingerprint density at radius 1 is 1.12 bits per heavy atom. The van der Waals surface area contributed by atoms with Crippen LogP contribution in [0.25, 0.3) is 6.08 Å². The quantitative estimate of drug-likeness (QED) is 0.427. The number of hydrogen-bond acceptors (Lipinski definition) is 8. The summed E-state index contributed by atoms with van der Waals surface area (Å²) in [6.07, 6.45) is 1.62. The van der Waals surface area contributed by atoms with Crippen LogP contribution >= 0.6 is 24.0 Å². The first-order chi connectivity index (χ1) is 15.8. The van der Waals surface area contributed by atoms with Gasteiger partial charge in [0, 0.05) is 5.69 Å². The van der Waals surface area contributed by atoms with E-state index in [9.17, 15) is 14.4 Å². The fourth-order valence-corrected chi connectivity index (χ4v) is 4.30. The van der Waals surface area contributed by atoms with Gasteiger partial charge in [-0.3, -0.25) is 14.5 Å². The van der Waals surface area contributed by atoms with Crippen molar-refractivity contribution in [3.8, 4) is 17.2 Å². The molecule has 0 aromatic heterocycles. The molecule has 2 aromatic carbocycles. The third kappa shape index (κ3) is 5.44. The molecule has 1 aliphatic rings. The number of aromatic carboxylic acids is 1. The molecule has 9 nitrogen and oxygen atoms in total. The van der Waals surface area contributed by atoms with Crippen LogP contribution in [-0.2, 0) is 9.59 Å². The largest absolute Gasteiger partial charge is 0.493 e. The van der Waals surface area contributed by atoms with Crippen molar-refractivity contribution >= 4 is 57.8 Å². The number of nitrogens with one attached hydrogen (secondary N) is 1. The second kappa shape index (κ2) is 10.4. The molecule has 0 unspecified atom stereocenters. The first kappa shape index (κ1) is 24.1. The zero-order valence-corrected chi connectivity index (χ0v) is 19.5. The van der Waals surface area contributed by atoms with Gasteiger partial charge in [0.1, 0.15) is 10.9 Å². The van der Waals surface area contributed by atoms with Crippen LogP contribution in [0.1, 0.15) is 15.9 Å². The number of anilines is 1. The predicted molar refractivity (Wildman–Crippen MR) is 128 cm³/mol. The van der Waals surface area contributed by atoms with E-state index in [2.05, 4.69) is 5.32 Å². The van der Waals surface area contributed by atoms with Crippen molar-refractivity contribution < 1.29 is 33.7 Å². The summed E-state index contributed by atoms with van der Waals surface area (Å²) in [4.78, 5) is 37.9. The normalized spacial score (nSPS) is 14.4. The molecule has 0 spiro atoms. The van der Waals surface area contributed by atoms with Gasteiger partial charge in [-0.15, -0.1) is 0 Å². The highest BCUT2D eigenvalue weighted by molar-refractivity contribution is 8.26. The van der Waals surface area contributed by atoms with E-state index >= 15 is 0 Å². The molecule has 11 heteroatoms. The van der Waals surface area contributed by atoms with Crippen LogP contribution in [-0.4, -0.2) is 60.0 Å². The summed E-state index contributed by atoms with van der Waals surface area (Å²) in [5, 5.41) is 11.7. The fraction of sp³-hybridized carbons (Fsp3) is 0.182. The number of carbonyl (C=O) groups is 3. The molecule has 1 aliphatic heterocycles. The van der Waals surface area contributed by atoms with Gasteiger partial charge in [0.2, 0.25) is 11.7 Å². The van der Waals surface area contributed by atoms with Gasteiger partial charge in [-0.25, -0.2) is 4.79 Å². The summed E-state index contributed by atoms with van der Waals surface area (Å²) in [6, 6.07) is 9.19. The van der Waals surface area contributed by atoms with Gasteiger partial charge >= 0.3 is 5.97 Å². The Balaban J connectivity index is 1.77. The van der Waals surface area contributed by atoms with E-state index in [4.69, 9.17) is 31.5 Å². The standard InChI is InChI=1S/C22H20N2O7S2/c1-29-15-7-12(8-16(30-2)19(15)31-3)9-17-20(26)24(22(32)33-17)11-18(25)23-14-6-4-5-13(10-14)21(27)28/h4-10H,11H2,1-3H3,(H,23,25)(H,27,28)/b17-9-. The Morgan fingerprint density at radius 2 is 1.79 bits per heavy atom. The third-order valence-corrected chi connectivity index (χ3v) is 5.93. The van der Waals surface area contributed by atoms with E-state index in [1.54, 1.807) is 24.3 Å². The molecule has 0 bridgehead atoms. The van der Waals surface area contributed by atoms with Gasteiger partial charge < -0.3 is 24.6 Å². The molecular formula is C22H20N2O7S2. The minimum Gasteiger partial charge on any atom is -0.493 e. The summed E-state index contributed by atoms with van der Waals surface area (Å²) in [5.41, 5.74) is 0.963. The number of carboxylic acids is 1. The molecule has 172 valence electrons. The topological polar surface area (TPSA) is 114 Å². The van der Waals surface area contributed by atoms with E-state index < -0.39 is 17.8 Å². The molecule has 3 rings (SSSR count). The number of thiocarbonyl (C=S) groups is 1. The van der Waals surface area contributed by atoms with Gasteiger partial charge in [0.05, 0.1) is 31.8 Å². The Labute approximate surface area is 199 Å². The second-order valence-electron chi connectivity index (χ2n) is 6.66. The lowest BCUT2D eigenvalue weighted by Gasteiger charge is -2.14. The molecule has 0 radical (unpaired) electrons. The molecule has 0 saturated carbocycles. The van der Waals surface area contributed by atoms with Crippen LogP contribution in [0.4, 0.5) is 5.69 Å². The number of carboxylic acid groups (broad SMARTS) is 1. The molecule has 0 atom stereocenters. The highest BCUT2D eigenvalue weighted by Crippen LogP contribution is 2.40. The van der Waals surface area contributed by atoms with Crippen molar-refractivity contribution in [2.45, 2.75) is 0 Å². The van der Waals surface area contributed by atoms with Crippen molar-refractivity contribution in [1.82, 2.24) is 4.90 Å². The number of benzene rings is 2. The predicted octanol–water partition coefficient (Wildman–Crippen LogP) is 3.25. The van der Waals surface area contributed by atoms with Gasteiger partial charge in [-0.2, -0.15) is 0 Å². The number of ether oxygens (including phenoxy) is 3. The number of amides is 2. The lowest BCUT2D eigenvalue weighted by molar-refractivity contribution is -0.126. The van der Waals surface area contributed by atoms with Crippen LogP contribution in [0, 0.1) is 0 Å². The zero-order chi connectivity index (χ0) is 24.1. The smallest absolute Gasteiger partial charge is 0.335 e. The number of nitrogens with zero attached hydrogens (tertiary/aromatic N) is 1. The Kier molecular flexibility index (Phi) is 7.56. The highest BCUT2D eigenvalue weighted by Gasteiger charge is 2.33. The molecule has 1 fully saturated rings. The average molecular weight is 489 g/mol. The summed E-state index contributed by atoms with van der Waals surface area (Å²) >= 11 is 6.35. The minimum atomic E-state index is -1.11. The maximum Gasteiger partial charge on any atom is 0.335 e. The fourth-order valence-electron chi connectivity index (χ4n) is 3.05. The van der Waals surface area contributed by atoms with Gasteiger partial charge in [-0.05, 0) is 42.0 Å². The van der Waals surface area contributed by atoms with Crippen molar-refractivity contribution in [2.75, 3.05) is 33.2 Å². The van der Waals surface area contributed by atoms with E-state index in [0.717, 1.165) is 11.8 Å². The molecular weight excluding hydrogens is 468 g/mol. The van der Waals surface area contributed by atoms with Gasteiger partial charge in [-0.1, -0.05) is 30.0 Å². The van der Waals surface area contributed by atoms with E-state index in [0.29, 0.717) is 33.4 Å². The van der Waals surface area contributed by atoms with Crippen LogP contribution in [0.2, 0.25) is 0 Å². The van der Waals surface area contributed by atoms with Gasteiger partial charge in [0.25, 0.3) is 5.91 Å². The molecule has 33 heavy (non-hydrogen) atoms. The van der Waals surface area contributed by atoms with Crippen LogP contribution in [0.5, 0.6) is 17.2 Å². The van der Waals surface area contributed by atoms with E-state index in [1.165, 1.54) is 44.4 Å². The minimum absolute atomic E-state index is 0.0340. The monoisotopic (exact) mass is 488 g/mol.